The molecular formula is C15H15NO2. The Labute approximate surface area is 106 Å². The summed E-state index contributed by atoms with van der Waals surface area (Å²) in [6.07, 6.45) is 0.494. The Balaban J connectivity index is 2.30. The molecular weight excluding hydrogens is 226 g/mol. The molecule has 92 valence electrons. The molecule has 0 heterocycles. The highest BCUT2D eigenvalue weighted by atomic mass is 16.3. The van der Waals surface area contributed by atoms with Crippen molar-refractivity contribution in [1.82, 2.24) is 0 Å². The molecule has 3 N–H and O–H groups in total. The van der Waals surface area contributed by atoms with Gasteiger partial charge in [0.25, 0.3) is 0 Å². The van der Waals surface area contributed by atoms with Gasteiger partial charge in [0.05, 0.1) is 5.92 Å². The highest BCUT2D eigenvalue weighted by molar-refractivity contribution is 5.83. The van der Waals surface area contributed by atoms with Gasteiger partial charge in [0.2, 0.25) is 5.91 Å². The molecule has 0 fully saturated rings. The quantitative estimate of drug-likeness (QED) is 0.862. The number of para-hydroxylation sites is 1. The molecule has 0 aliphatic heterocycles. The summed E-state index contributed by atoms with van der Waals surface area (Å²) in [4.78, 5) is 11.6. The maximum atomic E-state index is 11.6. The molecule has 2 aromatic rings. The summed E-state index contributed by atoms with van der Waals surface area (Å²) in [6.45, 7) is 0. The zero-order valence-corrected chi connectivity index (χ0v) is 9.91. The fourth-order valence-electron chi connectivity index (χ4n) is 2.00. The van der Waals surface area contributed by atoms with Gasteiger partial charge in [-0.15, -0.1) is 0 Å². The fraction of sp³-hybridized carbons (Fsp3) is 0.133. The number of carbonyl (C=O) groups is 1. The molecule has 2 rings (SSSR count). The van der Waals surface area contributed by atoms with E-state index in [9.17, 15) is 9.90 Å². The molecule has 1 atom stereocenters. The third kappa shape index (κ3) is 2.69. The van der Waals surface area contributed by atoms with Crippen molar-refractivity contribution in [3.05, 3.63) is 65.7 Å². The molecule has 0 aromatic heterocycles. The zero-order valence-electron chi connectivity index (χ0n) is 9.91. The molecule has 1 amide bonds. The summed E-state index contributed by atoms with van der Waals surface area (Å²) in [5, 5.41) is 9.80. The van der Waals surface area contributed by atoms with Crippen LogP contribution in [0.1, 0.15) is 17.0 Å². The van der Waals surface area contributed by atoms with Crippen molar-refractivity contribution in [3.8, 4) is 5.75 Å². The van der Waals surface area contributed by atoms with Gasteiger partial charge in [0.1, 0.15) is 5.75 Å². The van der Waals surface area contributed by atoms with Crippen LogP contribution in [-0.4, -0.2) is 11.0 Å². The van der Waals surface area contributed by atoms with Crippen LogP contribution in [0.4, 0.5) is 0 Å². The van der Waals surface area contributed by atoms with Gasteiger partial charge in [0, 0.05) is 5.56 Å². The SMILES string of the molecule is NC(=O)C(Cc1ccccc1)c1ccccc1O. The third-order valence-corrected chi connectivity index (χ3v) is 2.94. The monoisotopic (exact) mass is 241 g/mol. The second kappa shape index (κ2) is 5.36. The molecule has 1 unspecified atom stereocenters. The summed E-state index contributed by atoms with van der Waals surface area (Å²) in [6, 6.07) is 16.4. The number of hydrogen-bond acceptors (Lipinski definition) is 2. The van der Waals surface area contributed by atoms with Gasteiger partial charge >= 0.3 is 0 Å². The standard InChI is InChI=1S/C15H15NO2/c16-15(18)13(10-11-6-2-1-3-7-11)12-8-4-5-9-14(12)17/h1-9,13,17H,10H2,(H2,16,18). The van der Waals surface area contributed by atoms with E-state index >= 15 is 0 Å². The van der Waals surface area contributed by atoms with Gasteiger partial charge in [-0.2, -0.15) is 0 Å². The molecule has 3 heteroatoms. The molecule has 0 spiro atoms. The summed E-state index contributed by atoms with van der Waals surface area (Å²) < 4.78 is 0. The average molecular weight is 241 g/mol. The van der Waals surface area contributed by atoms with Crippen molar-refractivity contribution in [2.75, 3.05) is 0 Å². The second-order valence-corrected chi connectivity index (χ2v) is 4.20. The lowest BCUT2D eigenvalue weighted by molar-refractivity contribution is -0.119. The van der Waals surface area contributed by atoms with Crippen LogP contribution in [-0.2, 0) is 11.2 Å². The van der Waals surface area contributed by atoms with E-state index in [4.69, 9.17) is 5.73 Å². The van der Waals surface area contributed by atoms with Gasteiger partial charge in [-0.1, -0.05) is 48.5 Å². The summed E-state index contributed by atoms with van der Waals surface area (Å²) >= 11 is 0. The summed E-state index contributed by atoms with van der Waals surface area (Å²) in [5.41, 5.74) is 7.03. The van der Waals surface area contributed by atoms with Crippen LogP contribution < -0.4 is 5.73 Å². The van der Waals surface area contributed by atoms with E-state index < -0.39 is 11.8 Å². The number of phenolic OH excluding ortho intramolecular Hbond substituents is 1. The van der Waals surface area contributed by atoms with Gasteiger partial charge in [-0.25, -0.2) is 0 Å². The maximum absolute atomic E-state index is 11.6. The molecule has 2 aromatic carbocycles. The Bertz CT molecular complexity index is 537. The molecule has 0 radical (unpaired) electrons. The first-order valence-corrected chi connectivity index (χ1v) is 5.79. The fourth-order valence-corrected chi connectivity index (χ4v) is 2.00. The number of phenols is 1. The lowest BCUT2D eigenvalue weighted by Crippen LogP contribution is -2.23. The molecule has 3 nitrogen and oxygen atoms in total. The van der Waals surface area contributed by atoms with Crippen molar-refractivity contribution in [2.24, 2.45) is 5.73 Å². The van der Waals surface area contributed by atoms with Crippen LogP contribution in [0.15, 0.2) is 54.6 Å². The predicted octanol–water partition coefficient (Wildman–Crippen LogP) is 2.20. The number of aromatic hydroxyl groups is 1. The van der Waals surface area contributed by atoms with Gasteiger partial charge in [0.15, 0.2) is 0 Å². The minimum absolute atomic E-state index is 0.109. The van der Waals surface area contributed by atoms with Crippen LogP contribution in [0.3, 0.4) is 0 Å². The smallest absolute Gasteiger partial charge is 0.225 e. The van der Waals surface area contributed by atoms with Crippen molar-refractivity contribution < 1.29 is 9.90 Å². The van der Waals surface area contributed by atoms with E-state index in [1.165, 1.54) is 0 Å². The van der Waals surface area contributed by atoms with Crippen LogP contribution in [0.25, 0.3) is 0 Å². The van der Waals surface area contributed by atoms with E-state index in [0.717, 1.165) is 5.56 Å². The first-order chi connectivity index (χ1) is 8.68. The summed E-state index contributed by atoms with van der Waals surface area (Å²) in [7, 11) is 0. The first kappa shape index (κ1) is 12.2. The Hall–Kier alpha value is -2.29. The zero-order chi connectivity index (χ0) is 13.0. The van der Waals surface area contributed by atoms with Crippen molar-refractivity contribution >= 4 is 5.91 Å². The third-order valence-electron chi connectivity index (χ3n) is 2.94. The van der Waals surface area contributed by atoms with E-state index in [2.05, 4.69) is 0 Å². The Morgan fingerprint density at radius 1 is 1.06 bits per heavy atom. The number of rotatable bonds is 4. The largest absolute Gasteiger partial charge is 0.508 e. The van der Waals surface area contributed by atoms with Crippen molar-refractivity contribution in [1.29, 1.82) is 0 Å². The van der Waals surface area contributed by atoms with E-state index in [0.29, 0.717) is 12.0 Å². The van der Waals surface area contributed by atoms with E-state index in [1.807, 2.05) is 30.3 Å². The Kier molecular flexibility index (Phi) is 3.63. The summed E-state index contributed by atoms with van der Waals surface area (Å²) in [5.74, 6) is -0.828. The first-order valence-electron chi connectivity index (χ1n) is 5.79. The normalized spacial score (nSPS) is 12.0. The highest BCUT2D eigenvalue weighted by Gasteiger charge is 2.21. The van der Waals surface area contributed by atoms with Crippen molar-refractivity contribution in [2.45, 2.75) is 12.3 Å². The number of primary amides is 1. The number of benzene rings is 2. The molecule has 0 aliphatic carbocycles. The number of amides is 1. The van der Waals surface area contributed by atoms with Crippen LogP contribution >= 0.6 is 0 Å². The van der Waals surface area contributed by atoms with Crippen LogP contribution in [0.2, 0.25) is 0 Å². The molecule has 0 saturated heterocycles. The van der Waals surface area contributed by atoms with Crippen molar-refractivity contribution in [3.63, 3.8) is 0 Å². The minimum Gasteiger partial charge on any atom is -0.508 e. The molecule has 18 heavy (non-hydrogen) atoms. The lowest BCUT2D eigenvalue weighted by Gasteiger charge is -2.15. The van der Waals surface area contributed by atoms with Gasteiger partial charge < -0.3 is 10.8 Å². The van der Waals surface area contributed by atoms with Crippen LogP contribution in [0.5, 0.6) is 5.75 Å². The topological polar surface area (TPSA) is 63.3 Å². The average Bonchev–Trinajstić information content (AvgIpc) is 2.38. The predicted molar refractivity (Wildman–Crippen MR) is 70.2 cm³/mol. The molecule has 0 saturated carbocycles. The molecule has 0 aliphatic rings. The minimum atomic E-state index is -0.506. The number of hydrogen-bond donors (Lipinski definition) is 2. The van der Waals surface area contributed by atoms with Gasteiger partial charge in [-0.05, 0) is 18.1 Å². The Morgan fingerprint density at radius 3 is 2.28 bits per heavy atom. The van der Waals surface area contributed by atoms with Gasteiger partial charge in [-0.3, -0.25) is 4.79 Å². The number of carbonyl (C=O) groups excluding carboxylic acids is 1. The number of nitrogens with two attached hydrogens (primary N) is 1. The maximum Gasteiger partial charge on any atom is 0.225 e. The van der Waals surface area contributed by atoms with E-state index in [-0.39, 0.29) is 5.75 Å². The van der Waals surface area contributed by atoms with Crippen LogP contribution in [0, 0.1) is 0 Å². The van der Waals surface area contributed by atoms with E-state index in [1.54, 1.807) is 24.3 Å². The Morgan fingerprint density at radius 2 is 1.67 bits per heavy atom. The second-order valence-electron chi connectivity index (χ2n) is 4.20. The molecule has 0 bridgehead atoms. The highest BCUT2D eigenvalue weighted by Crippen LogP contribution is 2.28. The lowest BCUT2D eigenvalue weighted by atomic mass is 9.91.